The highest BCUT2D eigenvalue weighted by Crippen LogP contribution is 2.31. The molecule has 3 heterocycles. The maximum absolute atomic E-state index is 6.12. The first kappa shape index (κ1) is 19.8. The summed E-state index contributed by atoms with van der Waals surface area (Å²) in [6.45, 7) is 1.68. The zero-order chi connectivity index (χ0) is 22.1. The van der Waals surface area contributed by atoms with E-state index in [4.69, 9.17) is 15.9 Å². The lowest BCUT2D eigenvalue weighted by molar-refractivity contribution is 0.142. The average molecular weight is 426 g/mol. The van der Waals surface area contributed by atoms with E-state index in [2.05, 4.69) is 31.6 Å². The summed E-state index contributed by atoms with van der Waals surface area (Å²) in [5.74, 6) is 4.45. The Balaban J connectivity index is 1.51. The van der Waals surface area contributed by atoms with Crippen LogP contribution < -0.4 is 20.1 Å². The molecule has 1 aliphatic heterocycles. The van der Waals surface area contributed by atoms with Crippen LogP contribution in [-0.2, 0) is 7.05 Å². The lowest BCUT2D eigenvalue weighted by atomic mass is 10.1. The van der Waals surface area contributed by atoms with Crippen LogP contribution in [-0.4, -0.2) is 46.1 Å². The number of aryl methyl sites for hydroxylation is 1. The lowest BCUT2D eigenvalue weighted by Gasteiger charge is -2.28. The minimum atomic E-state index is 0.165. The maximum atomic E-state index is 6.12. The number of terminal acetylenes is 1. The van der Waals surface area contributed by atoms with Crippen LogP contribution in [0.1, 0.15) is 5.56 Å². The molecule has 0 unspecified atom stereocenters. The molecule has 0 saturated carbocycles. The molecule has 0 radical (unpaired) electrons. The summed E-state index contributed by atoms with van der Waals surface area (Å²) in [6.07, 6.45) is 11.2. The van der Waals surface area contributed by atoms with Gasteiger partial charge in [-0.15, -0.1) is 6.42 Å². The van der Waals surface area contributed by atoms with Crippen molar-refractivity contribution in [1.29, 1.82) is 0 Å². The third kappa shape index (κ3) is 3.94. The molecule has 8 heteroatoms. The molecular formula is C24H22N6O2. The minimum absolute atomic E-state index is 0.165. The molecule has 1 saturated heterocycles. The Hall–Kier alpha value is -4.09. The van der Waals surface area contributed by atoms with E-state index in [0.29, 0.717) is 17.2 Å². The SMILES string of the molecule is C#Cc1cc(OC)c2nc(Nc3cc(OC4CNC4)cc(-c4cnn(C)c4)c3)ncc2c1. The summed E-state index contributed by atoms with van der Waals surface area (Å²) in [5.41, 5.74) is 4.20. The molecule has 4 aromatic rings. The number of nitrogens with zero attached hydrogens (tertiary/aromatic N) is 4. The molecule has 0 spiro atoms. The van der Waals surface area contributed by atoms with Crippen LogP contribution in [0.15, 0.2) is 48.9 Å². The Morgan fingerprint density at radius 3 is 2.72 bits per heavy atom. The highest BCUT2D eigenvalue weighted by molar-refractivity contribution is 5.86. The van der Waals surface area contributed by atoms with E-state index in [0.717, 1.165) is 46.6 Å². The molecule has 32 heavy (non-hydrogen) atoms. The Bertz CT molecular complexity index is 1340. The fraction of sp³-hybridized carbons (Fsp3) is 0.208. The number of rotatable bonds is 6. The van der Waals surface area contributed by atoms with Crippen molar-refractivity contribution in [1.82, 2.24) is 25.1 Å². The van der Waals surface area contributed by atoms with E-state index < -0.39 is 0 Å². The second-order valence-corrected chi connectivity index (χ2v) is 7.63. The van der Waals surface area contributed by atoms with E-state index >= 15 is 0 Å². The minimum Gasteiger partial charge on any atom is -0.494 e. The van der Waals surface area contributed by atoms with Gasteiger partial charge in [-0.1, -0.05) is 5.92 Å². The van der Waals surface area contributed by atoms with Gasteiger partial charge in [0.1, 0.15) is 23.1 Å². The third-order valence-corrected chi connectivity index (χ3v) is 5.28. The van der Waals surface area contributed by atoms with Crippen molar-refractivity contribution in [3.63, 3.8) is 0 Å². The first-order valence-corrected chi connectivity index (χ1v) is 10.2. The number of benzene rings is 2. The van der Waals surface area contributed by atoms with Gasteiger partial charge in [0.2, 0.25) is 5.95 Å². The van der Waals surface area contributed by atoms with Crippen LogP contribution in [0.25, 0.3) is 22.0 Å². The monoisotopic (exact) mass is 426 g/mol. The molecule has 0 amide bonds. The molecule has 1 aliphatic rings. The van der Waals surface area contributed by atoms with Gasteiger partial charge >= 0.3 is 0 Å². The Morgan fingerprint density at radius 1 is 1.16 bits per heavy atom. The number of nitrogens with one attached hydrogen (secondary N) is 2. The first-order chi connectivity index (χ1) is 15.6. The molecule has 160 valence electrons. The Kier molecular flexibility index (Phi) is 5.09. The number of fused-ring (bicyclic) bond motifs is 1. The van der Waals surface area contributed by atoms with E-state index in [-0.39, 0.29) is 6.10 Å². The van der Waals surface area contributed by atoms with Gasteiger partial charge in [0.25, 0.3) is 0 Å². The summed E-state index contributed by atoms with van der Waals surface area (Å²) in [7, 11) is 3.49. The molecule has 8 nitrogen and oxygen atoms in total. The number of anilines is 2. The standard InChI is InChI=1S/C24H22N6O2/c1-4-15-5-17-10-26-24(29-23(17)22(6-15)31-3)28-19-7-16(18-11-27-30(2)14-18)8-20(9-19)32-21-12-25-13-21/h1,5-11,14,21,25H,12-13H2,2-3H3,(H,26,28,29). The van der Waals surface area contributed by atoms with Crippen molar-refractivity contribution in [2.24, 2.45) is 7.05 Å². The fourth-order valence-electron chi connectivity index (χ4n) is 3.56. The Morgan fingerprint density at radius 2 is 2.03 bits per heavy atom. The van der Waals surface area contributed by atoms with Crippen molar-refractivity contribution >= 4 is 22.5 Å². The smallest absolute Gasteiger partial charge is 0.227 e. The summed E-state index contributed by atoms with van der Waals surface area (Å²) in [4.78, 5) is 9.12. The van der Waals surface area contributed by atoms with Crippen LogP contribution in [0.3, 0.4) is 0 Å². The van der Waals surface area contributed by atoms with Gasteiger partial charge in [0, 0.05) is 60.8 Å². The Labute approximate surface area is 185 Å². The maximum Gasteiger partial charge on any atom is 0.227 e. The van der Waals surface area contributed by atoms with Crippen LogP contribution >= 0.6 is 0 Å². The number of ether oxygens (including phenoxy) is 2. The second-order valence-electron chi connectivity index (χ2n) is 7.63. The number of aromatic nitrogens is 4. The van der Waals surface area contributed by atoms with Gasteiger partial charge in [0.15, 0.2) is 0 Å². The predicted octanol–water partition coefficient (Wildman–Crippen LogP) is 3.11. The third-order valence-electron chi connectivity index (χ3n) is 5.28. The van der Waals surface area contributed by atoms with Gasteiger partial charge in [0.05, 0.1) is 13.3 Å². The quantitative estimate of drug-likeness (QED) is 0.458. The average Bonchev–Trinajstić information content (AvgIpc) is 3.22. The van der Waals surface area contributed by atoms with Crippen LogP contribution in [0.4, 0.5) is 11.6 Å². The summed E-state index contributed by atoms with van der Waals surface area (Å²) < 4.78 is 13.4. The van der Waals surface area contributed by atoms with Gasteiger partial charge < -0.3 is 20.1 Å². The predicted molar refractivity (Wildman–Crippen MR) is 123 cm³/mol. The molecule has 0 atom stereocenters. The van der Waals surface area contributed by atoms with Crippen molar-refractivity contribution in [3.05, 3.63) is 54.5 Å². The van der Waals surface area contributed by atoms with Crippen molar-refractivity contribution < 1.29 is 9.47 Å². The highest BCUT2D eigenvalue weighted by atomic mass is 16.5. The van der Waals surface area contributed by atoms with Crippen LogP contribution in [0, 0.1) is 12.3 Å². The molecule has 0 bridgehead atoms. The zero-order valence-electron chi connectivity index (χ0n) is 17.8. The van der Waals surface area contributed by atoms with Crippen molar-refractivity contribution in [3.8, 4) is 35.0 Å². The topological polar surface area (TPSA) is 86.1 Å². The number of methoxy groups -OCH3 is 1. The number of hydrogen-bond donors (Lipinski definition) is 2. The molecule has 2 aromatic heterocycles. The van der Waals surface area contributed by atoms with Crippen LogP contribution in [0.5, 0.6) is 11.5 Å². The van der Waals surface area contributed by atoms with Crippen molar-refractivity contribution in [2.45, 2.75) is 6.10 Å². The largest absolute Gasteiger partial charge is 0.494 e. The van der Waals surface area contributed by atoms with E-state index in [1.807, 2.05) is 43.7 Å². The highest BCUT2D eigenvalue weighted by Gasteiger charge is 2.19. The second kappa shape index (κ2) is 8.21. The fourth-order valence-corrected chi connectivity index (χ4v) is 3.56. The molecular weight excluding hydrogens is 404 g/mol. The van der Waals surface area contributed by atoms with Crippen LogP contribution in [0.2, 0.25) is 0 Å². The van der Waals surface area contributed by atoms with E-state index in [1.165, 1.54) is 0 Å². The lowest BCUT2D eigenvalue weighted by Crippen LogP contribution is -2.50. The van der Waals surface area contributed by atoms with Gasteiger partial charge in [-0.25, -0.2) is 9.97 Å². The number of hydrogen-bond acceptors (Lipinski definition) is 7. The van der Waals surface area contributed by atoms with Gasteiger partial charge in [-0.05, 0) is 29.8 Å². The summed E-state index contributed by atoms with van der Waals surface area (Å²) in [5, 5.41) is 11.6. The zero-order valence-corrected chi connectivity index (χ0v) is 17.8. The molecule has 2 aromatic carbocycles. The molecule has 1 fully saturated rings. The summed E-state index contributed by atoms with van der Waals surface area (Å²) >= 11 is 0. The van der Waals surface area contributed by atoms with Crippen molar-refractivity contribution in [2.75, 3.05) is 25.5 Å². The summed E-state index contributed by atoms with van der Waals surface area (Å²) in [6, 6.07) is 9.65. The molecule has 5 rings (SSSR count). The van der Waals surface area contributed by atoms with Gasteiger partial charge in [-0.3, -0.25) is 4.68 Å². The normalized spacial score (nSPS) is 13.4. The van der Waals surface area contributed by atoms with E-state index in [1.54, 1.807) is 24.1 Å². The first-order valence-electron chi connectivity index (χ1n) is 10.2. The van der Waals surface area contributed by atoms with E-state index in [9.17, 15) is 0 Å². The molecule has 0 aliphatic carbocycles. The van der Waals surface area contributed by atoms with Gasteiger partial charge in [-0.2, -0.15) is 5.10 Å². The molecule has 2 N–H and O–H groups in total.